The Kier molecular flexibility index (Phi) is 8.94. The minimum absolute atomic E-state index is 0.152. The van der Waals surface area contributed by atoms with Crippen molar-refractivity contribution in [1.29, 1.82) is 0 Å². The number of benzene rings is 4. The maximum absolute atomic E-state index is 13.5. The van der Waals surface area contributed by atoms with Crippen molar-refractivity contribution in [3.05, 3.63) is 117 Å². The van der Waals surface area contributed by atoms with E-state index < -0.39 is 92.3 Å². The van der Waals surface area contributed by atoms with Gasteiger partial charge in [0.2, 0.25) is 0 Å². The zero-order valence-electron chi connectivity index (χ0n) is 23.3. The molecule has 15 nitrogen and oxygen atoms in total. The highest BCUT2D eigenvalue weighted by atomic mass is 16.6. The summed E-state index contributed by atoms with van der Waals surface area (Å²) >= 11 is 0. The molecule has 0 fully saturated rings. The standard InChI is InChI=1S/C32H18O15/c33-25(34)17-9-7-13(11-21(17)29(41)42)15-3-1-5-19(27(37)38)23(15)31(45)47-32(46)24-16(4-2-6-20(24)28(39)40)14-8-10-18(26(35)36)22(12-14)30(43)44/h1-12H,(H,33,34)(H,35,36)(H,37,38)(H,39,40)(H,41,42)(H,43,44). The van der Waals surface area contributed by atoms with E-state index >= 15 is 0 Å². The number of aromatic carboxylic acids is 6. The molecule has 0 saturated carbocycles. The van der Waals surface area contributed by atoms with Gasteiger partial charge in [-0.15, -0.1) is 0 Å². The first-order valence-corrected chi connectivity index (χ1v) is 12.8. The highest BCUT2D eigenvalue weighted by molar-refractivity contribution is 6.15. The fourth-order valence-electron chi connectivity index (χ4n) is 4.72. The van der Waals surface area contributed by atoms with Gasteiger partial charge in [-0.1, -0.05) is 36.4 Å². The second-order valence-electron chi connectivity index (χ2n) is 9.48. The SMILES string of the molecule is O=C(O)c1ccc(-c2cccc(C(=O)O)c2C(=O)OC(=O)c2c(C(=O)O)cccc2-c2ccc(C(=O)O)c(C(=O)O)c2)cc1C(=O)O. The highest BCUT2D eigenvalue weighted by Gasteiger charge is 2.30. The largest absolute Gasteiger partial charge is 0.478 e. The van der Waals surface area contributed by atoms with Gasteiger partial charge in [0.1, 0.15) is 0 Å². The normalized spacial score (nSPS) is 10.5. The molecular weight excluding hydrogens is 624 g/mol. The number of carbonyl (C=O) groups excluding carboxylic acids is 2. The van der Waals surface area contributed by atoms with Crippen molar-refractivity contribution >= 4 is 47.8 Å². The lowest BCUT2D eigenvalue weighted by atomic mass is 9.92. The Morgan fingerprint density at radius 1 is 0.383 bits per heavy atom. The monoisotopic (exact) mass is 642 g/mol. The molecule has 0 saturated heterocycles. The summed E-state index contributed by atoms with van der Waals surface area (Å²) in [6.45, 7) is 0. The predicted molar refractivity (Wildman–Crippen MR) is 155 cm³/mol. The zero-order valence-corrected chi connectivity index (χ0v) is 23.3. The van der Waals surface area contributed by atoms with Crippen molar-refractivity contribution in [2.45, 2.75) is 0 Å². The van der Waals surface area contributed by atoms with Crippen molar-refractivity contribution in [2.75, 3.05) is 0 Å². The molecule has 4 aromatic carbocycles. The van der Waals surface area contributed by atoms with Crippen LogP contribution >= 0.6 is 0 Å². The first kappa shape index (κ1) is 32.7. The predicted octanol–water partition coefficient (Wildman–Crippen LogP) is 4.21. The number of hydrogen-bond acceptors (Lipinski definition) is 9. The van der Waals surface area contributed by atoms with E-state index in [1.165, 1.54) is 24.3 Å². The summed E-state index contributed by atoms with van der Waals surface area (Å²) in [5.74, 6) is -13.1. The van der Waals surface area contributed by atoms with Crippen LogP contribution in [0.2, 0.25) is 0 Å². The van der Waals surface area contributed by atoms with Crippen molar-refractivity contribution < 1.29 is 73.7 Å². The van der Waals surface area contributed by atoms with Crippen molar-refractivity contribution in [2.24, 2.45) is 0 Å². The molecular formula is C32H18O15. The Morgan fingerprint density at radius 3 is 1.00 bits per heavy atom. The van der Waals surface area contributed by atoms with Crippen LogP contribution in [0.15, 0.2) is 72.8 Å². The molecule has 0 heterocycles. The average molecular weight is 642 g/mol. The molecule has 0 atom stereocenters. The molecule has 0 aliphatic carbocycles. The average Bonchev–Trinajstić information content (AvgIpc) is 3.02. The summed E-state index contributed by atoms with van der Waals surface area (Å²) < 4.78 is 4.98. The Morgan fingerprint density at radius 2 is 0.702 bits per heavy atom. The van der Waals surface area contributed by atoms with Crippen LogP contribution in [0.4, 0.5) is 0 Å². The third-order valence-electron chi connectivity index (χ3n) is 6.77. The van der Waals surface area contributed by atoms with Crippen LogP contribution < -0.4 is 0 Å². The summed E-state index contributed by atoms with van der Waals surface area (Å²) in [6, 6.07) is 12.4. The summed E-state index contributed by atoms with van der Waals surface area (Å²) in [6.07, 6.45) is 0. The van der Waals surface area contributed by atoms with Gasteiger partial charge in [-0.05, 0) is 58.7 Å². The van der Waals surface area contributed by atoms with E-state index in [4.69, 9.17) is 4.74 Å². The quantitative estimate of drug-likeness (QED) is 0.104. The van der Waals surface area contributed by atoms with Crippen molar-refractivity contribution in [3.63, 3.8) is 0 Å². The maximum atomic E-state index is 13.5. The third-order valence-corrected chi connectivity index (χ3v) is 6.77. The molecule has 0 amide bonds. The Balaban J connectivity index is 1.88. The van der Waals surface area contributed by atoms with Gasteiger partial charge in [0, 0.05) is 0 Å². The van der Waals surface area contributed by atoms with Crippen LogP contribution in [0.5, 0.6) is 0 Å². The van der Waals surface area contributed by atoms with E-state index in [-0.39, 0.29) is 22.3 Å². The first-order valence-electron chi connectivity index (χ1n) is 12.8. The number of carboxylic acids is 6. The van der Waals surface area contributed by atoms with Gasteiger partial charge in [-0.25, -0.2) is 38.4 Å². The lowest BCUT2D eigenvalue weighted by Gasteiger charge is -2.15. The number of hydrogen-bond donors (Lipinski definition) is 6. The minimum atomic E-state index is -1.68. The lowest BCUT2D eigenvalue weighted by Crippen LogP contribution is -2.20. The molecule has 47 heavy (non-hydrogen) atoms. The Hall–Kier alpha value is -7.16. The van der Waals surface area contributed by atoms with Gasteiger partial charge < -0.3 is 35.4 Å². The fourth-order valence-corrected chi connectivity index (χ4v) is 4.72. The molecule has 0 aliphatic rings. The Bertz CT molecular complexity index is 1930. The van der Waals surface area contributed by atoms with E-state index in [2.05, 4.69) is 0 Å². The molecule has 0 spiro atoms. The van der Waals surface area contributed by atoms with Gasteiger partial charge in [0.25, 0.3) is 0 Å². The number of ether oxygens (including phenoxy) is 1. The minimum Gasteiger partial charge on any atom is -0.478 e. The molecule has 0 unspecified atom stereocenters. The number of rotatable bonds is 10. The van der Waals surface area contributed by atoms with Crippen LogP contribution in [0, 0.1) is 0 Å². The molecule has 236 valence electrons. The van der Waals surface area contributed by atoms with Gasteiger partial charge in [0.15, 0.2) is 0 Å². The zero-order chi connectivity index (χ0) is 34.7. The molecule has 0 aromatic heterocycles. The second-order valence-corrected chi connectivity index (χ2v) is 9.48. The van der Waals surface area contributed by atoms with E-state index in [1.54, 1.807) is 0 Å². The molecule has 6 N–H and O–H groups in total. The van der Waals surface area contributed by atoms with Crippen molar-refractivity contribution in [3.8, 4) is 22.3 Å². The number of carbonyl (C=O) groups is 8. The highest BCUT2D eigenvalue weighted by Crippen LogP contribution is 2.32. The van der Waals surface area contributed by atoms with Crippen LogP contribution in [0.3, 0.4) is 0 Å². The smallest absolute Gasteiger partial charge is 0.347 e. The van der Waals surface area contributed by atoms with Crippen LogP contribution in [0.25, 0.3) is 22.3 Å². The number of carboxylic acid groups (broad SMARTS) is 6. The molecule has 0 radical (unpaired) electrons. The van der Waals surface area contributed by atoms with E-state index in [9.17, 15) is 69.0 Å². The van der Waals surface area contributed by atoms with E-state index in [0.29, 0.717) is 0 Å². The molecule has 0 aliphatic heterocycles. The van der Waals surface area contributed by atoms with Crippen LogP contribution in [0.1, 0.15) is 82.9 Å². The molecule has 15 heteroatoms. The summed E-state index contributed by atoms with van der Waals surface area (Å²) in [5, 5.41) is 57.4. The summed E-state index contributed by atoms with van der Waals surface area (Å²) in [5.41, 5.74) is -6.52. The second kappa shape index (κ2) is 12.8. The van der Waals surface area contributed by atoms with Crippen LogP contribution in [-0.2, 0) is 4.74 Å². The van der Waals surface area contributed by atoms with E-state index in [0.717, 1.165) is 48.5 Å². The molecule has 0 bridgehead atoms. The third kappa shape index (κ3) is 6.39. The molecule has 4 rings (SSSR count). The topological polar surface area (TPSA) is 267 Å². The van der Waals surface area contributed by atoms with Crippen molar-refractivity contribution in [1.82, 2.24) is 0 Å². The summed E-state index contributed by atoms with van der Waals surface area (Å²) in [4.78, 5) is 97.8. The molecule has 4 aromatic rings. The Labute approximate surface area is 261 Å². The fraction of sp³-hybridized carbons (Fsp3) is 0. The summed E-state index contributed by atoms with van der Waals surface area (Å²) in [7, 11) is 0. The van der Waals surface area contributed by atoms with Gasteiger partial charge >= 0.3 is 47.8 Å². The lowest BCUT2D eigenvalue weighted by molar-refractivity contribution is 0.0386. The first-order chi connectivity index (χ1) is 22.1. The van der Waals surface area contributed by atoms with Gasteiger partial charge in [0.05, 0.1) is 44.5 Å². The maximum Gasteiger partial charge on any atom is 0.347 e. The van der Waals surface area contributed by atoms with Gasteiger partial charge in [-0.2, -0.15) is 0 Å². The van der Waals surface area contributed by atoms with Crippen LogP contribution in [-0.4, -0.2) is 78.4 Å². The van der Waals surface area contributed by atoms with E-state index in [1.807, 2.05) is 0 Å². The van der Waals surface area contributed by atoms with Gasteiger partial charge in [-0.3, -0.25) is 0 Å². The number of esters is 2.